The summed E-state index contributed by atoms with van der Waals surface area (Å²) in [4.78, 5) is 26.0. The first-order valence-corrected chi connectivity index (χ1v) is 14.6. The van der Waals surface area contributed by atoms with Crippen molar-refractivity contribution in [2.75, 3.05) is 24.7 Å². The highest BCUT2D eigenvalue weighted by molar-refractivity contribution is 7.92. The maximum atomic E-state index is 13.0. The number of carbonyl (C=O) groups is 2. The van der Waals surface area contributed by atoms with E-state index in [4.69, 9.17) is 0 Å². The summed E-state index contributed by atoms with van der Waals surface area (Å²) >= 11 is 0.858. The third-order valence-corrected chi connectivity index (χ3v) is 8.83. The topological polar surface area (TPSA) is 114 Å². The minimum Gasteiger partial charge on any atom is -0.406 e. The number of carbonyl (C=O) groups excluding carboxylic acids is 2. The molecule has 0 radical (unpaired) electrons. The van der Waals surface area contributed by atoms with Gasteiger partial charge in [-0.25, -0.2) is 8.42 Å². The molecule has 1 aromatic carbocycles. The Labute approximate surface area is 217 Å². The molecule has 8 nitrogen and oxygen atoms in total. The Hall–Kier alpha value is -2.80. The van der Waals surface area contributed by atoms with E-state index in [1.165, 1.54) is 36.4 Å². The van der Waals surface area contributed by atoms with Crippen LogP contribution in [0.15, 0.2) is 40.6 Å². The SMILES string of the molecule is CS(=O)(=O)c1ccc(C(=O)N[C@@H](CC2CCCCC2)C(=O)NCCNc2ccc(OC(F)(F)F)cc2)s1. The first kappa shape index (κ1) is 28.8. The second kappa shape index (κ2) is 12.6. The van der Waals surface area contributed by atoms with Gasteiger partial charge in [-0.3, -0.25) is 9.59 Å². The molecule has 3 N–H and O–H groups in total. The molecule has 13 heteroatoms. The Bertz CT molecular complexity index is 1160. The number of thiophene rings is 1. The van der Waals surface area contributed by atoms with Gasteiger partial charge < -0.3 is 20.7 Å². The minimum atomic E-state index is -4.76. The summed E-state index contributed by atoms with van der Waals surface area (Å²) in [6, 6.07) is 7.26. The van der Waals surface area contributed by atoms with Gasteiger partial charge in [0.05, 0.1) is 4.88 Å². The summed E-state index contributed by atoms with van der Waals surface area (Å²) in [5.41, 5.74) is 0.551. The van der Waals surface area contributed by atoms with Gasteiger partial charge in [-0.2, -0.15) is 0 Å². The van der Waals surface area contributed by atoms with Gasteiger partial charge in [0, 0.05) is 25.0 Å². The lowest BCUT2D eigenvalue weighted by atomic mass is 9.84. The zero-order chi connectivity index (χ0) is 27.1. The molecule has 0 unspecified atom stereocenters. The van der Waals surface area contributed by atoms with Crippen LogP contribution in [-0.2, 0) is 14.6 Å². The average Bonchev–Trinajstić information content (AvgIpc) is 3.33. The molecular formula is C24H30F3N3O5S2. The highest BCUT2D eigenvalue weighted by atomic mass is 32.2. The van der Waals surface area contributed by atoms with E-state index < -0.39 is 28.1 Å². The maximum Gasteiger partial charge on any atom is 0.573 e. The number of amides is 2. The molecular weight excluding hydrogens is 531 g/mol. The van der Waals surface area contributed by atoms with Crippen LogP contribution in [0.2, 0.25) is 0 Å². The van der Waals surface area contributed by atoms with Gasteiger partial charge in [-0.05, 0) is 48.7 Å². The number of hydrogen-bond acceptors (Lipinski definition) is 7. The van der Waals surface area contributed by atoms with Gasteiger partial charge in [-0.15, -0.1) is 24.5 Å². The molecule has 0 spiro atoms. The van der Waals surface area contributed by atoms with Crippen LogP contribution in [0, 0.1) is 5.92 Å². The fraction of sp³-hybridized carbons (Fsp3) is 0.500. The fourth-order valence-corrected chi connectivity index (χ4v) is 5.98. The van der Waals surface area contributed by atoms with Crippen LogP contribution in [0.5, 0.6) is 5.75 Å². The molecule has 0 aliphatic heterocycles. The zero-order valence-electron chi connectivity index (χ0n) is 20.3. The van der Waals surface area contributed by atoms with Gasteiger partial charge >= 0.3 is 6.36 Å². The van der Waals surface area contributed by atoms with Crippen molar-refractivity contribution in [1.29, 1.82) is 0 Å². The normalized spacial score (nSPS) is 15.6. The van der Waals surface area contributed by atoms with Crippen molar-refractivity contribution in [3.8, 4) is 5.75 Å². The van der Waals surface area contributed by atoms with E-state index in [1.807, 2.05) is 0 Å². The van der Waals surface area contributed by atoms with Gasteiger partial charge in [0.1, 0.15) is 16.0 Å². The molecule has 3 rings (SSSR count). The first-order valence-electron chi connectivity index (χ1n) is 11.9. The number of nitrogens with one attached hydrogen (secondary N) is 3. The van der Waals surface area contributed by atoms with E-state index >= 15 is 0 Å². The van der Waals surface area contributed by atoms with Crippen LogP contribution in [0.4, 0.5) is 18.9 Å². The molecule has 1 aromatic heterocycles. The summed E-state index contributed by atoms with van der Waals surface area (Å²) < 4.78 is 64.2. The number of alkyl halides is 3. The van der Waals surface area contributed by atoms with Crippen molar-refractivity contribution in [3.05, 3.63) is 41.3 Å². The van der Waals surface area contributed by atoms with Crippen molar-refractivity contribution < 1.29 is 35.9 Å². The summed E-state index contributed by atoms with van der Waals surface area (Å²) in [6.07, 6.45) is 2.05. The molecule has 1 atom stereocenters. The largest absolute Gasteiger partial charge is 0.573 e. The predicted octanol–water partition coefficient (Wildman–Crippen LogP) is 4.35. The molecule has 1 saturated carbocycles. The lowest BCUT2D eigenvalue weighted by Crippen LogP contribution is -2.48. The third-order valence-electron chi connectivity index (χ3n) is 5.93. The van der Waals surface area contributed by atoms with E-state index in [2.05, 4.69) is 20.7 Å². The molecule has 1 aliphatic carbocycles. The number of rotatable bonds is 11. The van der Waals surface area contributed by atoms with Crippen LogP contribution < -0.4 is 20.7 Å². The van der Waals surface area contributed by atoms with E-state index in [0.717, 1.165) is 49.7 Å². The number of halogens is 3. The minimum absolute atomic E-state index is 0.0787. The quantitative estimate of drug-likeness (QED) is 0.352. The Morgan fingerprint density at radius 3 is 2.32 bits per heavy atom. The zero-order valence-corrected chi connectivity index (χ0v) is 21.9. The van der Waals surface area contributed by atoms with Gasteiger partial charge in [0.25, 0.3) is 5.91 Å². The van der Waals surface area contributed by atoms with Crippen molar-refractivity contribution in [2.45, 2.75) is 55.1 Å². The molecule has 1 fully saturated rings. The van der Waals surface area contributed by atoms with E-state index in [-0.39, 0.29) is 27.3 Å². The number of ether oxygens (including phenoxy) is 1. The molecule has 2 aromatic rings. The molecule has 0 bridgehead atoms. The van der Waals surface area contributed by atoms with Crippen LogP contribution in [0.25, 0.3) is 0 Å². The highest BCUT2D eigenvalue weighted by Crippen LogP contribution is 2.28. The number of anilines is 1. The van der Waals surface area contributed by atoms with Crippen LogP contribution in [0.3, 0.4) is 0 Å². The molecule has 0 saturated heterocycles. The fourth-order valence-electron chi connectivity index (χ4n) is 4.15. The average molecular weight is 562 g/mol. The number of benzene rings is 1. The Balaban J connectivity index is 1.55. The predicted molar refractivity (Wildman–Crippen MR) is 134 cm³/mol. The van der Waals surface area contributed by atoms with E-state index in [9.17, 15) is 31.2 Å². The number of hydrogen-bond donors (Lipinski definition) is 3. The molecule has 1 heterocycles. The molecule has 204 valence electrons. The van der Waals surface area contributed by atoms with Crippen molar-refractivity contribution in [1.82, 2.24) is 10.6 Å². The van der Waals surface area contributed by atoms with Gasteiger partial charge in [-0.1, -0.05) is 32.1 Å². The van der Waals surface area contributed by atoms with E-state index in [0.29, 0.717) is 24.6 Å². The first-order chi connectivity index (χ1) is 17.4. The lowest BCUT2D eigenvalue weighted by molar-refractivity contribution is -0.274. The molecule has 37 heavy (non-hydrogen) atoms. The van der Waals surface area contributed by atoms with Gasteiger partial charge in [0.2, 0.25) is 5.91 Å². The summed E-state index contributed by atoms with van der Waals surface area (Å²) in [5, 5.41) is 8.56. The molecule has 2 amide bonds. The second-order valence-corrected chi connectivity index (χ2v) is 12.3. The second-order valence-electron chi connectivity index (χ2n) is 8.95. The lowest BCUT2D eigenvalue weighted by Gasteiger charge is -2.26. The van der Waals surface area contributed by atoms with Crippen LogP contribution in [0.1, 0.15) is 48.2 Å². The van der Waals surface area contributed by atoms with Gasteiger partial charge in [0.15, 0.2) is 9.84 Å². The Morgan fingerprint density at radius 1 is 1.05 bits per heavy atom. The van der Waals surface area contributed by atoms with Crippen molar-refractivity contribution >= 4 is 38.7 Å². The summed E-state index contributed by atoms with van der Waals surface area (Å²) in [5.74, 6) is -0.887. The Kier molecular flexibility index (Phi) is 9.82. The van der Waals surface area contributed by atoms with Crippen LogP contribution in [-0.4, -0.2) is 52.0 Å². The maximum absolute atomic E-state index is 13.0. The van der Waals surface area contributed by atoms with E-state index in [1.54, 1.807) is 0 Å². The van der Waals surface area contributed by atoms with Crippen molar-refractivity contribution in [3.63, 3.8) is 0 Å². The smallest absolute Gasteiger partial charge is 0.406 e. The monoisotopic (exact) mass is 561 g/mol. The standard InChI is InChI=1S/C24H30F3N3O5S2/c1-37(33,34)21-12-11-20(36-21)23(32)30-19(15-16-5-3-2-4-6-16)22(31)29-14-13-28-17-7-9-18(10-8-17)35-24(25,26)27/h7-12,16,19,28H,2-6,13-15H2,1H3,(H,29,31)(H,30,32)/t19-/m0/s1. The Morgan fingerprint density at radius 2 is 1.73 bits per heavy atom. The summed E-state index contributed by atoms with van der Waals surface area (Å²) in [7, 11) is -3.44. The summed E-state index contributed by atoms with van der Waals surface area (Å²) in [6.45, 7) is 0.520. The third kappa shape index (κ3) is 9.54. The highest BCUT2D eigenvalue weighted by Gasteiger charge is 2.31. The van der Waals surface area contributed by atoms with Crippen LogP contribution >= 0.6 is 11.3 Å². The number of sulfone groups is 1. The van der Waals surface area contributed by atoms with Crippen molar-refractivity contribution in [2.24, 2.45) is 5.92 Å². The molecule has 1 aliphatic rings.